The van der Waals surface area contributed by atoms with Gasteiger partial charge in [0, 0.05) is 0 Å². The lowest BCUT2D eigenvalue weighted by atomic mass is 10.1. The van der Waals surface area contributed by atoms with Crippen LogP contribution in [-0.2, 0) is 4.79 Å². The number of rotatable bonds is 3. The van der Waals surface area contributed by atoms with Gasteiger partial charge in [0.15, 0.2) is 0 Å². The van der Waals surface area contributed by atoms with E-state index in [2.05, 4.69) is 24.3 Å². The van der Waals surface area contributed by atoms with Gasteiger partial charge in [-0.2, -0.15) is 0 Å². The maximum atomic E-state index is 10.7. The standard InChI is InChI=1S/C13H14O2/c14-13(15)12-7-11(12)10-6-9(10)8-4-2-1-3-5-8/h1-5,9-12H,6-7H2,(H,14,15)/t9-,10-,11-,12-/m1/s1. The second-order valence-corrected chi connectivity index (χ2v) is 4.76. The van der Waals surface area contributed by atoms with Crippen LogP contribution < -0.4 is 0 Å². The Balaban J connectivity index is 1.64. The zero-order chi connectivity index (χ0) is 10.4. The number of benzene rings is 1. The van der Waals surface area contributed by atoms with Gasteiger partial charge in [-0.05, 0) is 36.2 Å². The zero-order valence-corrected chi connectivity index (χ0v) is 8.47. The number of carboxylic acids is 1. The van der Waals surface area contributed by atoms with Gasteiger partial charge in [-0.15, -0.1) is 0 Å². The molecule has 2 aliphatic rings. The molecule has 0 unspecified atom stereocenters. The van der Waals surface area contributed by atoms with Gasteiger partial charge in [-0.1, -0.05) is 30.3 Å². The van der Waals surface area contributed by atoms with Crippen LogP contribution in [0, 0.1) is 17.8 Å². The summed E-state index contributed by atoms with van der Waals surface area (Å²) in [5, 5.41) is 8.86. The maximum Gasteiger partial charge on any atom is 0.306 e. The summed E-state index contributed by atoms with van der Waals surface area (Å²) in [5.74, 6) is 1.11. The van der Waals surface area contributed by atoms with E-state index in [-0.39, 0.29) is 5.92 Å². The third kappa shape index (κ3) is 1.54. The Morgan fingerprint density at radius 2 is 1.87 bits per heavy atom. The average Bonchev–Trinajstić information content (AvgIpc) is 3.11. The second kappa shape index (κ2) is 3.09. The summed E-state index contributed by atoms with van der Waals surface area (Å²) in [6, 6.07) is 10.5. The van der Waals surface area contributed by atoms with E-state index in [1.54, 1.807) is 0 Å². The summed E-state index contributed by atoms with van der Waals surface area (Å²) in [4.78, 5) is 10.7. The zero-order valence-electron chi connectivity index (χ0n) is 8.47. The van der Waals surface area contributed by atoms with Crippen molar-refractivity contribution in [2.45, 2.75) is 18.8 Å². The van der Waals surface area contributed by atoms with E-state index >= 15 is 0 Å². The molecular formula is C13H14O2. The van der Waals surface area contributed by atoms with E-state index in [1.165, 1.54) is 12.0 Å². The minimum Gasteiger partial charge on any atom is -0.481 e. The Hall–Kier alpha value is -1.31. The van der Waals surface area contributed by atoms with Gasteiger partial charge in [-0.3, -0.25) is 4.79 Å². The monoisotopic (exact) mass is 202 g/mol. The predicted octanol–water partition coefficient (Wildman–Crippen LogP) is 2.51. The molecule has 0 saturated heterocycles. The molecule has 1 aromatic rings. The first-order chi connectivity index (χ1) is 7.27. The Bertz CT molecular complexity index is 385. The number of hydrogen-bond donors (Lipinski definition) is 1. The van der Waals surface area contributed by atoms with Crippen LogP contribution in [0.25, 0.3) is 0 Å². The molecule has 2 saturated carbocycles. The van der Waals surface area contributed by atoms with E-state index in [4.69, 9.17) is 5.11 Å². The van der Waals surface area contributed by atoms with E-state index in [0.717, 1.165) is 6.42 Å². The van der Waals surface area contributed by atoms with Gasteiger partial charge >= 0.3 is 5.97 Å². The summed E-state index contributed by atoms with van der Waals surface area (Å²) in [6.07, 6.45) is 2.10. The largest absolute Gasteiger partial charge is 0.481 e. The Morgan fingerprint density at radius 3 is 2.47 bits per heavy atom. The Labute approximate surface area is 88.9 Å². The molecule has 0 aliphatic heterocycles. The molecule has 3 rings (SSSR count). The first-order valence-electron chi connectivity index (χ1n) is 5.55. The van der Waals surface area contributed by atoms with E-state index < -0.39 is 5.97 Å². The molecule has 2 fully saturated rings. The second-order valence-electron chi connectivity index (χ2n) is 4.76. The van der Waals surface area contributed by atoms with Crippen molar-refractivity contribution in [1.82, 2.24) is 0 Å². The van der Waals surface area contributed by atoms with Crippen molar-refractivity contribution in [3.8, 4) is 0 Å². The van der Waals surface area contributed by atoms with Crippen LogP contribution in [-0.4, -0.2) is 11.1 Å². The quantitative estimate of drug-likeness (QED) is 0.817. The van der Waals surface area contributed by atoms with Crippen LogP contribution in [0.1, 0.15) is 24.3 Å². The van der Waals surface area contributed by atoms with Crippen LogP contribution >= 0.6 is 0 Å². The number of carboxylic acid groups (broad SMARTS) is 1. The van der Waals surface area contributed by atoms with Gasteiger partial charge in [0.05, 0.1) is 5.92 Å². The molecule has 2 nitrogen and oxygen atoms in total. The van der Waals surface area contributed by atoms with Gasteiger partial charge in [0.25, 0.3) is 0 Å². The Morgan fingerprint density at radius 1 is 1.13 bits per heavy atom. The highest BCUT2D eigenvalue weighted by atomic mass is 16.4. The fourth-order valence-electron chi connectivity index (χ4n) is 2.74. The van der Waals surface area contributed by atoms with Gasteiger partial charge in [0.1, 0.15) is 0 Å². The van der Waals surface area contributed by atoms with Crippen molar-refractivity contribution in [3.63, 3.8) is 0 Å². The van der Waals surface area contributed by atoms with Crippen LogP contribution in [0.2, 0.25) is 0 Å². The highest BCUT2D eigenvalue weighted by Crippen LogP contribution is 2.61. The van der Waals surface area contributed by atoms with Gasteiger partial charge in [0.2, 0.25) is 0 Å². The van der Waals surface area contributed by atoms with Gasteiger partial charge in [-0.25, -0.2) is 0 Å². The van der Waals surface area contributed by atoms with Crippen LogP contribution in [0.5, 0.6) is 0 Å². The summed E-state index contributed by atoms with van der Waals surface area (Å²) >= 11 is 0. The van der Waals surface area contributed by atoms with Crippen LogP contribution in [0.4, 0.5) is 0 Å². The number of carbonyl (C=O) groups is 1. The molecule has 2 aliphatic carbocycles. The highest BCUT2D eigenvalue weighted by Gasteiger charge is 2.56. The van der Waals surface area contributed by atoms with E-state index in [9.17, 15) is 4.79 Å². The average molecular weight is 202 g/mol. The molecule has 0 amide bonds. The number of aliphatic carboxylic acids is 1. The van der Waals surface area contributed by atoms with Crippen LogP contribution in [0.15, 0.2) is 30.3 Å². The van der Waals surface area contributed by atoms with Crippen molar-refractivity contribution in [1.29, 1.82) is 0 Å². The van der Waals surface area contributed by atoms with Crippen molar-refractivity contribution in [2.24, 2.45) is 17.8 Å². The SMILES string of the molecule is O=C(O)[C@@H]1C[C@@H]1[C@@H]1C[C@@H]1c1ccccc1. The first kappa shape index (κ1) is 8.96. The molecule has 15 heavy (non-hydrogen) atoms. The van der Waals surface area contributed by atoms with Crippen molar-refractivity contribution in [3.05, 3.63) is 35.9 Å². The molecule has 2 heteroatoms. The molecule has 78 valence electrons. The fraction of sp³-hybridized carbons (Fsp3) is 0.462. The topological polar surface area (TPSA) is 37.3 Å². The molecule has 0 heterocycles. The molecule has 0 aromatic heterocycles. The van der Waals surface area contributed by atoms with Crippen molar-refractivity contribution < 1.29 is 9.90 Å². The maximum absolute atomic E-state index is 10.7. The number of hydrogen-bond acceptors (Lipinski definition) is 1. The Kier molecular flexibility index (Phi) is 1.84. The highest BCUT2D eigenvalue weighted by molar-refractivity contribution is 5.73. The van der Waals surface area contributed by atoms with Crippen molar-refractivity contribution >= 4 is 5.97 Å². The molecule has 0 spiro atoms. The summed E-state index contributed by atoms with van der Waals surface area (Å²) in [7, 11) is 0. The smallest absolute Gasteiger partial charge is 0.306 e. The molecule has 0 bridgehead atoms. The normalized spacial score (nSPS) is 37.3. The minimum atomic E-state index is -0.598. The first-order valence-corrected chi connectivity index (χ1v) is 5.55. The summed E-state index contributed by atoms with van der Waals surface area (Å²) in [5.41, 5.74) is 1.39. The molecule has 1 N–H and O–H groups in total. The lowest BCUT2D eigenvalue weighted by molar-refractivity contribution is -0.138. The third-order valence-electron chi connectivity index (χ3n) is 3.77. The molecule has 4 atom stereocenters. The van der Waals surface area contributed by atoms with E-state index in [1.807, 2.05) is 6.07 Å². The summed E-state index contributed by atoms with van der Waals surface area (Å²) < 4.78 is 0. The molecular weight excluding hydrogens is 188 g/mol. The summed E-state index contributed by atoms with van der Waals surface area (Å²) in [6.45, 7) is 0. The fourth-order valence-corrected chi connectivity index (χ4v) is 2.74. The van der Waals surface area contributed by atoms with Crippen molar-refractivity contribution in [2.75, 3.05) is 0 Å². The lowest BCUT2D eigenvalue weighted by Gasteiger charge is -1.98. The lowest BCUT2D eigenvalue weighted by Crippen LogP contribution is -2.00. The van der Waals surface area contributed by atoms with Crippen LogP contribution in [0.3, 0.4) is 0 Å². The van der Waals surface area contributed by atoms with E-state index in [0.29, 0.717) is 17.8 Å². The minimum absolute atomic E-state index is 0.0382. The predicted molar refractivity (Wildman–Crippen MR) is 56.5 cm³/mol. The molecule has 0 radical (unpaired) electrons. The molecule has 1 aromatic carbocycles. The van der Waals surface area contributed by atoms with Gasteiger partial charge < -0.3 is 5.11 Å². The third-order valence-corrected chi connectivity index (χ3v) is 3.77.